The molecule has 4 N–H and O–H groups in total. The van der Waals surface area contributed by atoms with Gasteiger partial charge in [-0.15, -0.1) is 12.3 Å². The van der Waals surface area contributed by atoms with E-state index in [0.717, 1.165) is 0 Å². The van der Waals surface area contributed by atoms with Gasteiger partial charge in [-0.25, -0.2) is 0 Å². The molecule has 0 aliphatic rings. The Morgan fingerprint density at radius 3 is 2.33 bits per heavy atom. The number of aliphatic hydroxyl groups is 3. The fraction of sp³-hybridized carbons (Fsp3) is 0.708. The van der Waals surface area contributed by atoms with Gasteiger partial charge in [0.15, 0.2) is 5.78 Å². The van der Waals surface area contributed by atoms with E-state index < -0.39 is 48.0 Å². The Hall–Kier alpha value is -2.25. The third-order valence-corrected chi connectivity index (χ3v) is 4.70. The Kier molecular flexibility index (Phi) is 14.5. The first kappa shape index (κ1) is 30.8. The largest absolute Gasteiger partial charge is 0.464 e. The Labute approximate surface area is 196 Å². The number of terminal acetylenes is 1. The second-order valence-electron chi connectivity index (χ2n) is 8.99. The van der Waals surface area contributed by atoms with Gasteiger partial charge in [0, 0.05) is 32.3 Å². The smallest absolute Gasteiger partial charge is 0.305 e. The summed E-state index contributed by atoms with van der Waals surface area (Å²) in [5.74, 6) is 0.232. The number of amides is 1. The van der Waals surface area contributed by atoms with E-state index in [1.165, 1.54) is 20.1 Å². The molecular weight excluding hydrogens is 430 g/mol. The van der Waals surface area contributed by atoms with Crippen molar-refractivity contribution in [3.05, 3.63) is 12.2 Å². The third kappa shape index (κ3) is 13.1. The number of carbonyl (C=O) groups excluding carboxylic acids is 3. The molecule has 1 amide bonds. The van der Waals surface area contributed by atoms with Crippen LogP contribution in [0.1, 0.15) is 53.4 Å². The molecule has 5 atom stereocenters. The molecule has 0 unspecified atom stereocenters. The summed E-state index contributed by atoms with van der Waals surface area (Å²) >= 11 is 0. The zero-order valence-corrected chi connectivity index (χ0v) is 20.2. The highest BCUT2D eigenvalue weighted by molar-refractivity contribution is 5.89. The summed E-state index contributed by atoms with van der Waals surface area (Å²) < 4.78 is 10.0. The molecular formula is C24H39NO8. The molecule has 33 heavy (non-hydrogen) atoms. The highest BCUT2D eigenvalue weighted by Gasteiger charge is 2.36. The first-order chi connectivity index (χ1) is 15.3. The zero-order chi connectivity index (χ0) is 25.6. The SMILES string of the molecule is C#CCCCC(=O)OCCNC(=O)[C@H](C)CC(=O)[C@H](OC)[C@H](O)[C@@H](O)[C@H](O)/C=C/C(C)(C)C. The van der Waals surface area contributed by atoms with E-state index in [2.05, 4.69) is 11.2 Å². The minimum absolute atomic E-state index is 0.00708. The average Bonchev–Trinajstić information content (AvgIpc) is 2.74. The molecule has 0 saturated heterocycles. The number of nitrogens with one attached hydrogen (secondary N) is 1. The Balaban J connectivity index is 4.62. The van der Waals surface area contributed by atoms with Crippen molar-refractivity contribution in [1.29, 1.82) is 0 Å². The number of allylic oxidation sites excluding steroid dienone is 1. The number of ether oxygens (including phenoxy) is 2. The molecule has 0 heterocycles. The van der Waals surface area contributed by atoms with E-state index in [4.69, 9.17) is 15.9 Å². The molecule has 0 aliphatic heterocycles. The highest BCUT2D eigenvalue weighted by Crippen LogP contribution is 2.18. The Morgan fingerprint density at radius 2 is 1.79 bits per heavy atom. The molecule has 9 heteroatoms. The quantitative estimate of drug-likeness (QED) is 0.119. The average molecular weight is 470 g/mol. The van der Waals surface area contributed by atoms with E-state index in [9.17, 15) is 29.7 Å². The van der Waals surface area contributed by atoms with Crippen molar-refractivity contribution in [2.75, 3.05) is 20.3 Å². The minimum Gasteiger partial charge on any atom is -0.464 e. The van der Waals surface area contributed by atoms with E-state index in [1.807, 2.05) is 20.8 Å². The molecule has 0 aromatic carbocycles. The predicted molar refractivity (Wildman–Crippen MR) is 123 cm³/mol. The summed E-state index contributed by atoms with van der Waals surface area (Å²) in [6, 6.07) is 0. The van der Waals surface area contributed by atoms with Crippen LogP contribution in [0.2, 0.25) is 0 Å². The standard InChI is InChI=1S/C24H39NO8/c1-7-8-9-10-19(28)33-14-13-25-23(31)16(2)15-18(27)22(32-6)21(30)20(29)17(26)11-12-24(3,4)5/h1,11-12,16-17,20-22,26,29-30H,8-10,13-15H2,2-6H3,(H,25,31)/b12-11+/t16-,17-,20+,21-,22+/m1/s1. The number of methoxy groups -OCH3 is 1. The number of carbonyl (C=O) groups is 3. The van der Waals surface area contributed by atoms with Gasteiger partial charge in [0.2, 0.25) is 5.91 Å². The van der Waals surface area contributed by atoms with Crippen molar-refractivity contribution >= 4 is 17.7 Å². The molecule has 0 aliphatic carbocycles. The number of unbranched alkanes of at least 4 members (excludes halogenated alkanes) is 1. The summed E-state index contributed by atoms with van der Waals surface area (Å²) in [5.41, 5.74) is -0.245. The molecule has 0 bridgehead atoms. The van der Waals surface area contributed by atoms with Crippen molar-refractivity contribution < 1.29 is 39.2 Å². The number of ketones is 1. The van der Waals surface area contributed by atoms with Gasteiger partial charge in [-0.1, -0.05) is 39.8 Å². The van der Waals surface area contributed by atoms with Gasteiger partial charge in [-0.05, 0) is 11.8 Å². The summed E-state index contributed by atoms with van der Waals surface area (Å²) in [6.07, 6.45) is 2.94. The van der Waals surface area contributed by atoms with Crippen LogP contribution in [0.3, 0.4) is 0 Å². The van der Waals surface area contributed by atoms with E-state index >= 15 is 0 Å². The lowest BCUT2D eigenvalue weighted by Gasteiger charge is -2.27. The molecule has 9 nitrogen and oxygen atoms in total. The van der Waals surface area contributed by atoms with Crippen LogP contribution in [0.25, 0.3) is 0 Å². The highest BCUT2D eigenvalue weighted by atomic mass is 16.5. The second kappa shape index (κ2) is 15.6. The number of hydrogen-bond donors (Lipinski definition) is 4. The number of Topliss-reactive ketones (excluding diaryl/α,β-unsaturated/α-hetero) is 1. The molecule has 0 saturated carbocycles. The summed E-state index contributed by atoms with van der Waals surface area (Å²) in [5, 5.41) is 33.2. The summed E-state index contributed by atoms with van der Waals surface area (Å²) in [7, 11) is 1.19. The van der Waals surface area contributed by atoms with Crippen LogP contribution in [-0.2, 0) is 23.9 Å². The van der Waals surface area contributed by atoms with Gasteiger partial charge in [-0.2, -0.15) is 0 Å². The van der Waals surface area contributed by atoms with E-state index in [1.54, 1.807) is 6.08 Å². The molecule has 0 fully saturated rings. The number of aliphatic hydroxyl groups excluding tert-OH is 3. The normalized spacial score (nSPS) is 16.3. The van der Waals surface area contributed by atoms with E-state index in [0.29, 0.717) is 12.8 Å². The lowest BCUT2D eigenvalue weighted by Crippen LogP contribution is -2.48. The second-order valence-corrected chi connectivity index (χ2v) is 8.99. The first-order valence-electron chi connectivity index (χ1n) is 11.0. The maximum Gasteiger partial charge on any atom is 0.305 e. The number of esters is 1. The van der Waals surface area contributed by atoms with Crippen molar-refractivity contribution in [2.45, 2.75) is 77.8 Å². The molecule has 0 rings (SSSR count). The fourth-order valence-electron chi connectivity index (χ4n) is 2.77. The van der Waals surface area contributed by atoms with Crippen molar-refractivity contribution in [3.63, 3.8) is 0 Å². The van der Waals surface area contributed by atoms with Crippen LogP contribution < -0.4 is 5.32 Å². The maximum atomic E-state index is 12.6. The minimum atomic E-state index is -1.69. The van der Waals surface area contributed by atoms with E-state index in [-0.39, 0.29) is 31.4 Å². The predicted octanol–water partition coefficient (Wildman–Crippen LogP) is 0.745. The van der Waals surface area contributed by atoms with Crippen LogP contribution in [0, 0.1) is 23.7 Å². The molecule has 0 aromatic heterocycles. The van der Waals surface area contributed by atoms with Gasteiger partial charge in [-0.3, -0.25) is 14.4 Å². The monoisotopic (exact) mass is 469 g/mol. The van der Waals surface area contributed by atoms with Crippen molar-refractivity contribution in [3.8, 4) is 12.3 Å². The van der Waals surface area contributed by atoms with Gasteiger partial charge in [0.05, 0.1) is 6.54 Å². The molecule has 188 valence electrons. The molecule has 0 aromatic rings. The summed E-state index contributed by atoms with van der Waals surface area (Å²) in [4.78, 5) is 36.2. The maximum absolute atomic E-state index is 12.6. The van der Waals surface area contributed by atoms with Gasteiger partial charge in [0.25, 0.3) is 0 Å². The van der Waals surface area contributed by atoms with Crippen molar-refractivity contribution in [2.24, 2.45) is 11.3 Å². The number of hydrogen-bond acceptors (Lipinski definition) is 8. The van der Waals surface area contributed by atoms with Crippen LogP contribution in [0.15, 0.2) is 12.2 Å². The Morgan fingerprint density at radius 1 is 1.15 bits per heavy atom. The van der Waals surface area contributed by atoms with Gasteiger partial charge < -0.3 is 30.1 Å². The fourth-order valence-corrected chi connectivity index (χ4v) is 2.77. The van der Waals surface area contributed by atoms with Crippen LogP contribution >= 0.6 is 0 Å². The lowest BCUT2D eigenvalue weighted by atomic mass is 9.92. The number of rotatable bonds is 15. The van der Waals surface area contributed by atoms with Crippen LogP contribution in [0.5, 0.6) is 0 Å². The van der Waals surface area contributed by atoms with Gasteiger partial charge >= 0.3 is 5.97 Å². The first-order valence-corrected chi connectivity index (χ1v) is 11.0. The lowest BCUT2D eigenvalue weighted by molar-refractivity contribution is -0.149. The third-order valence-electron chi connectivity index (χ3n) is 4.70. The summed E-state index contributed by atoms with van der Waals surface area (Å²) in [6.45, 7) is 7.30. The van der Waals surface area contributed by atoms with Crippen LogP contribution in [-0.4, -0.2) is 77.7 Å². The molecule has 0 radical (unpaired) electrons. The van der Waals surface area contributed by atoms with Gasteiger partial charge in [0.1, 0.15) is 31.0 Å². The topological polar surface area (TPSA) is 142 Å². The van der Waals surface area contributed by atoms with Crippen LogP contribution in [0.4, 0.5) is 0 Å². The Bertz CT molecular complexity index is 692. The van der Waals surface area contributed by atoms with Crippen molar-refractivity contribution in [1.82, 2.24) is 5.32 Å². The zero-order valence-electron chi connectivity index (χ0n) is 20.2. The molecule has 0 spiro atoms.